The van der Waals surface area contributed by atoms with Gasteiger partial charge in [0, 0.05) is 14.4 Å². The second kappa shape index (κ2) is 3.96. The molecule has 1 aromatic carbocycles. The molecule has 0 amide bonds. The van der Waals surface area contributed by atoms with E-state index in [1.807, 2.05) is 6.07 Å². The third-order valence-corrected chi connectivity index (χ3v) is 5.27. The molecule has 0 aliphatic rings. The molecule has 3 N–H and O–H groups in total. The van der Waals surface area contributed by atoms with Gasteiger partial charge in [-0.3, -0.25) is 0 Å². The van der Waals surface area contributed by atoms with Crippen molar-refractivity contribution in [3.63, 3.8) is 0 Å². The quantitative estimate of drug-likeness (QED) is 0.499. The van der Waals surface area contributed by atoms with Crippen molar-refractivity contribution < 1.29 is 0 Å². The van der Waals surface area contributed by atoms with Crippen LogP contribution in [0.15, 0.2) is 29.6 Å². The molecule has 4 aromatic rings. The number of imidazole rings is 1. The van der Waals surface area contributed by atoms with E-state index in [2.05, 4.69) is 27.5 Å². The molecule has 0 atom stereocenters. The zero-order valence-electron chi connectivity index (χ0n) is 9.61. The summed E-state index contributed by atoms with van der Waals surface area (Å²) in [4.78, 5) is 8.98. The summed E-state index contributed by atoms with van der Waals surface area (Å²) in [5, 5.41) is 2.72. The van der Waals surface area contributed by atoms with Crippen molar-refractivity contribution in [1.29, 1.82) is 0 Å². The zero-order chi connectivity index (χ0) is 13.0. The smallest absolute Gasteiger partial charge is 0.148 e. The molecule has 3 aromatic heterocycles. The van der Waals surface area contributed by atoms with Gasteiger partial charge in [-0.1, -0.05) is 11.6 Å². The molecule has 94 valence electrons. The van der Waals surface area contributed by atoms with E-state index in [4.69, 9.17) is 17.3 Å². The van der Waals surface area contributed by atoms with E-state index in [1.54, 1.807) is 28.7 Å². The molecule has 0 aliphatic carbocycles. The minimum atomic E-state index is 0.600. The first-order valence-corrected chi connectivity index (χ1v) is 7.70. The second-order valence-electron chi connectivity index (χ2n) is 4.24. The molecular weight excluding hydrogens is 298 g/mol. The van der Waals surface area contributed by atoms with E-state index >= 15 is 0 Å². The lowest BCUT2D eigenvalue weighted by atomic mass is 10.3. The van der Waals surface area contributed by atoms with Gasteiger partial charge in [-0.15, -0.1) is 22.7 Å². The zero-order valence-corrected chi connectivity index (χ0v) is 12.0. The lowest BCUT2D eigenvalue weighted by Gasteiger charge is -1.94. The minimum absolute atomic E-state index is 0.600. The summed E-state index contributed by atoms with van der Waals surface area (Å²) >= 11 is 9.47. The van der Waals surface area contributed by atoms with Crippen molar-refractivity contribution in [2.75, 3.05) is 5.73 Å². The first-order chi connectivity index (χ1) is 9.20. The molecule has 6 heteroatoms. The largest absolute Gasteiger partial charge is 0.397 e. The molecular formula is C13H8ClN3S2. The van der Waals surface area contributed by atoms with Crippen LogP contribution in [0.5, 0.6) is 0 Å². The van der Waals surface area contributed by atoms with Crippen LogP contribution in [-0.4, -0.2) is 9.97 Å². The summed E-state index contributed by atoms with van der Waals surface area (Å²) in [6.45, 7) is 0. The summed E-state index contributed by atoms with van der Waals surface area (Å²) in [6.07, 6.45) is 0. The number of nitrogens with one attached hydrogen (secondary N) is 1. The van der Waals surface area contributed by atoms with Crippen LogP contribution in [0.4, 0.5) is 5.69 Å². The van der Waals surface area contributed by atoms with Gasteiger partial charge in [-0.2, -0.15) is 0 Å². The number of rotatable bonds is 1. The highest BCUT2D eigenvalue weighted by Crippen LogP contribution is 2.36. The highest BCUT2D eigenvalue weighted by Gasteiger charge is 2.11. The van der Waals surface area contributed by atoms with Crippen LogP contribution in [-0.2, 0) is 0 Å². The topological polar surface area (TPSA) is 54.7 Å². The number of fused-ring (bicyclic) bond motifs is 2. The van der Waals surface area contributed by atoms with E-state index in [9.17, 15) is 0 Å². The Morgan fingerprint density at radius 3 is 2.95 bits per heavy atom. The van der Waals surface area contributed by atoms with E-state index in [0.717, 1.165) is 21.7 Å². The minimum Gasteiger partial charge on any atom is -0.397 e. The van der Waals surface area contributed by atoms with Gasteiger partial charge in [-0.05, 0) is 29.6 Å². The summed E-state index contributed by atoms with van der Waals surface area (Å²) in [7, 11) is 0. The fraction of sp³-hybridized carbons (Fsp3) is 0. The van der Waals surface area contributed by atoms with Crippen LogP contribution >= 0.6 is 34.3 Å². The molecule has 0 saturated carbocycles. The maximum absolute atomic E-state index is 6.00. The monoisotopic (exact) mass is 305 g/mol. The van der Waals surface area contributed by atoms with Gasteiger partial charge in [0.15, 0.2) is 0 Å². The second-order valence-corrected chi connectivity index (χ2v) is 6.70. The number of nitrogen functional groups attached to an aromatic ring is 1. The molecule has 0 bridgehead atoms. The average molecular weight is 306 g/mol. The predicted molar refractivity (Wildman–Crippen MR) is 84.2 cm³/mol. The van der Waals surface area contributed by atoms with Crippen LogP contribution < -0.4 is 5.73 Å². The van der Waals surface area contributed by atoms with Gasteiger partial charge in [-0.25, -0.2) is 4.98 Å². The summed E-state index contributed by atoms with van der Waals surface area (Å²) in [6, 6.07) is 7.85. The lowest BCUT2D eigenvalue weighted by Crippen LogP contribution is -1.86. The molecule has 19 heavy (non-hydrogen) atoms. The first kappa shape index (κ1) is 11.3. The van der Waals surface area contributed by atoms with E-state index in [-0.39, 0.29) is 0 Å². The Kier molecular flexibility index (Phi) is 2.35. The number of hydrogen-bond acceptors (Lipinski definition) is 4. The van der Waals surface area contributed by atoms with E-state index in [1.165, 1.54) is 9.40 Å². The van der Waals surface area contributed by atoms with E-state index < -0.39 is 0 Å². The number of aromatic amines is 1. The molecule has 0 unspecified atom stereocenters. The fourth-order valence-electron chi connectivity index (χ4n) is 2.11. The Morgan fingerprint density at radius 2 is 2.11 bits per heavy atom. The highest BCUT2D eigenvalue weighted by atomic mass is 35.5. The standard InChI is InChI=1S/C13H8ClN3S2/c14-6-3-7(15)12-8(4-6)16-13(17-12)11-5-10-9(19-11)1-2-18-10/h1-5H,15H2,(H,16,17). The van der Waals surface area contributed by atoms with Crippen LogP contribution in [0.1, 0.15) is 0 Å². The molecule has 0 saturated heterocycles. The Hall–Kier alpha value is -1.56. The van der Waals surface area contributed by atoms with Gasteiger partial charge in [0.25, 0.3) is 0 Å². The van der Waals surface area contributed by atoms with Crippen LogP contribution in [0.25, 0.3) is 31.1 Å². The van der Waals surface area contributed by atoms with Crippen molar-refractivity contribution in [3.8, 4) is 10.7 Å². The van der Waals surface area contributed by atoms with Crippen molar-refractivity contribution in [2.45, 2.75) is 0 Å². The summed E-state index contributed by atoms with van der Waals surface area (Å²) in [5.41, 5.74) is 8.19. The van der Waals surface area contributed by atoms with Crippen molar-refractivity contribution >= 4 is 60.4 Å². The van der Waals surface area contributed by atoms with Gasteiger partial charge in [0.05, 0.1) is 16.1 Å². The Bertz CT molecular complexity index is 875. The third-order valence-electron chi connectivity index (χ3n) is 2.95. The molecule has 4 rings (SSSR count). The fourth-order valence-corrected chi connectivity index (χ4v) is 4.39. The SMILES string of the molecule is Nc1cc(Cl)cc2[nH]c(-c3cc4sccc4s3)nc12. The number of benzene rings is 1. The molecule has 0 spiro atoms. The maximum atomic E-state index is 6.00. The number of H-pyrrole nitrogens is 1. The van der Waals surface area contributed by atoms with Gasteiger partial charge in [0.1, 0.15) is 11.3 Å². The number of nitrogens with zero attached hydrogens (tertiary/aromatic N) is 1. The Balaban J connectivity index is 1.95. The Morgan fingerprint density at radius 1 is 1.21 bits per heavy atom. The van der Waals surface area contributed by atoms with Crippen LogP contribution in [0.3, 0.4) is 0 Å². The highest BCUT2D eigenvalue weighted by molar-refractivity contribution is 7.28. The van der Waals surface area contributed by atoms with Crippen molar-refractivity contribution in [2.24, 2.45) is 0 Å². The number of halogens is 1. The van der Waals surface area contributed by atoms with Crippen molar-refractivity contribution in [1.82, 2.24) is 9.97 Å². The van der Waals surface area contributed by atoms with Gasteiger partial charge >= 0.3 is 0 Å². The summed E-state index contributed by atoms with van der Waals surface area (Å²) < 4.78 is 2.57. The maximum Gasteiger partial charge on any atom is 0.148 e. The average Bonchev–Trinajstić information content (AvgIpc) is 2.98. The summed E-state index contributed by atoms with van der Waals surface area (Å²) in [5.74, 6) is 0.845. The van der Waals surface area contributed by atoms with Gasteiger partial charge < -0.3 is 10.7 Å². The van der Waals surface area contributed by atoms with Crippen LogP contribution in [0, 0.1) is 0 Å². The number of nitrogens with two attached hydrogens (primary N) is 1. The number of anilines is 1. The van der Waals surface area contributed by atoms with Gasteiger partial charge in [0.2, 0.25) is 0 Å². The molecule has 0 radical (unpaired) electrons. The predicted octanol–water partition coefficient (Wildman–Crippen LogP) is 4.74. The lowest BCUT2D eigenvalue weighted by molar-refractivity contribution is 1.36. The Labute approximate surface area is 121 Å². The normalized spacial score (nSPS) is 11.6. The number of hydrogen-bond donors (Lipinski definition) is 2. The van der Waals surface area contributed by atoms with Crippen LogP contribution in [0.2, 0.25) is 5.02 Å². The van der Waals surface area contributed by atoms with Crippen molar-refractivity contribution in [3.05, 3.63) is 34.7 Å². The molecule has 0 aliphatic heterocycles. The number of thiophene rings is 2. The first-order valence-electron chi connectivity index (χ1n) is 5.63. The van der Waals surface area contributed by atoms with E-state index in [0.29, 0.717) is 10.7 Å². The molecule has 0 fully saturated rings. The number of aromatic nitrogens is 2. The molecule has 3 nitrogen and oxygen atoms in total. The third kappa shape index (κ3) is 1.74. The molecule has 3 heterocycles.